The number of nitrogens with one attached hydrogen (secondary N) is 2. The molecule has 2 aliphatic rings. The van der Waals surface area contributed by atoms with Crippen molar-refractivity contribution in [3.63, 3.8) is 0 Å². The van der Waals surface area contributed by atoms with Gasteiger partial charge in [0.15, 0.2) is 17.8 Å². The van der Waals surface area contributed by atoms with Gasteiger partial charge in [-0.05, 0) is 77.4 Å². The lowest BCUT2D eigenvalue weighted by Gasteiger charge is -2.39. The molecule has 0 aromatic heterocycles. The number of sulfonamides is 1. The van der Waals surface area contributed by atoms with Crippen LogP contribution >= 0.6 is 0 Å². The third-order valence-corrected chi connectivity index (χ3v) is 12.3. The summed E-state index contributed by atoms with van der Waals surface area (Å²) < 4.78 is 53.7. The van der Waals surface area contributed by atoms with E-state index in [-0.39, 0.29) is 36.7 Å². The lowest BCUT2D eigenvalue weighted by Crippen LogP contribution is -2.47. The average molecular weight is 806 g/mol. The summed E-state index contributed by atoms with van der Waals surface area (Å²) in [5.74, 6) is 1.02. The highest BCUT2D eigenvalue weighted by Crippen LogP contribution is 2.39. The van der Waals surface area contributed by atoms with Crippen molar-refractivity contribution in [2.75, 3.05) is 27.3 Å². The molecule has 5 aromatic carbocycles. The second kappa shape index (κ2) is 18.7. The maximum Gasteiger partial charge on any atom is 0.241 e. The van der Waals surface area contributed by atoms with Crippen molar-refractivity contribution in [3.05, 3.63) is 160 Å². The molecule has 4 atom stereocenters. The van der Waals surface area contributed by atoms with Gasteiger partial charge in [-0.1, -0.05) is 96.6 Å². The van der Waals surface area contributed by atoms with Crippen LogP contribution in [0.1, 0.15) is 63.3 Å². The van der Waals surface area contributed by atoms with Gasteiger partial charge < -0.3 is 29.4 Å². The molecule has 304 valence electrons. The van der Waals surface area contributed by atoms with E-state index < -0.39 is 28.3 Å². The van der Waals surface area contributed by atoms with Crippen molar-refractivity contribution in [2.45, 2.75) is 75.3 Å². The summed E-state index contributed by atoms with van der Waals surface area (Å²) in [7, 11) is -0.657. The monoisotopic (exact) mass is 805 g/mol. The quantitative estimate of drug-likeness (QED) is 0.111. The van der Waals surface area contributed by atoms with Crippen LogP contribution in [0.4, 0.5) is 0 Å². The number of amides is 1. The van der Waals surface area contributed by atoms with Gasteiger partial charge in [0, 0.05) is 38.2 Å². The van der Waals surface area contributed by atoms with E-state index in [1.807, 2.05) is 85.8 Å². The maximum atomic E-state index is 13.6. The lowest BCUT2D eigenvalue weighted by molar-refractivity contribution is -0.253. The van der Waals surface area contributed by atoms with E-state index in [0.29, 0.717) is 13.0 Å². The summed E-state index contributed by atoms with van der Waals surface area (Å²) in [6.07, 6.45) is 0.724. The van der Waals surface area contributed by atoms with E-state index in [1.54, 1.807) is 26.4 Å². The fourth-order valence-corrected chi connectivity index (χ4v) is 8.73. The Morgan fingerprint density at radius 2 is 1.48 bits per heavy atom. The third-order valence-electron chi connectivity index (χ3n) is 10.8. The molecule has 2 aliphatic heterocycles. The smallest absolute Gasteiger partial charge is 0.241 e. The predicted octanol–water partition coefficient (Wildman–Crippen LogP) is 6.31. The zero-order chi connectivity index (χ0) is 40.6. The van der Waals surface area contributed by atoms with E-state index in [9.17, 15) is 18.3 Å². The van der Waals surface area contributed by atoms with Gasteiger partial charge >= 0.3 is 0 Å². The molecule has 11 nitrogen and oxygen atoms in total. The number of carbonyl (C=O) groups excluding carboxylic acids is 1. The predicted molar refractivity (Wildman–Crippen MR) is 221 cm³/mol. The SMILES string of the molecule is COc1cc2c(cc1OC)CN(CC1CC(c3ccc(CO)cc3)OC(c3ccc(CNC(=O)C(Cc4ccccc4)NS(=O)(=O)c4ccc(C)cc4)cc3)O1)CC2. The summed E-state index contributed by atoms with van der Waals surface area (Å²) >= 11 is 0. The standard InChI is InChI=1S/C46H51N3O8S/c1-31-9-19-40(20-10-31)58(52,53)48-41(23-32-7-5-4-6-8-32)45(51)47-27-33-11-17-36(18-12-33)46-56-39(26-42(57-46)35-15-13-34(30-50)14-16-35)29-49-22-21-37-24-43(54-2)44(55-3)25-38(37)28-49/h4-20,24-25,39,41-42,46,48,50H,21-23,26-30H2,1-3H3,(H,47,51). The molecule has 1 fully saturated rings. The van der Waals surface area contributed by atoms with E-state index in [2.05, 4.69) is 27.1 Å². The number of benzene rings is 5. The first-order valence-electron chi connectivity index (χ1n) is 19.6. The minimum atomic E-state index is -3.97. The third kappa shape index (κ3) is 10.1. The number of aliphatic hydroxyl groups is 1. The van der Waals surface area contributed by atoms with Crippen molar-refractivity contribution in [1.82, 2.24) is 14.9 Å². The Hall–Kier alpha value is -5.08. The highest BCUT2D eigenvalue weighted by Gasteiger charge is 2.34. The van der Waals surface area contributed by atoms with Crippen molar-refractivity contribution in [2.24, 2.45) is 0 Å². The summed E-state index contributed by atoms with van der Waals surface area (Å²) in [6, 6.07) is 34.6. The van der Waals surface area contributed by atoms with Gasteiger partial charge in [-0.2, -0.15) is 4.72 Å². The molecular weight excluding hydrogens is 755 g/mol. The second-order valence-electron chi connectivity index (χ2n) is 14.9. The number of hydrogen-bond acceptors (Lipinski definition) is 9. The Bertz CT molecular complexity index is 2250. The number of methoxy groups -OCH3 is 2. The Kier molecular flexibility index (Phi) is 13.2. The molecule has 5 aromatic rings. The van der Waals surface area contributed by atoms with Gasteiger partial charge in [-0.15, -0.1) is 0 Å². The van der Waals surface area contributed by atoms with Crippen molar-refractivity contribution >= 4 is 15.9 Å². The Morgan fingerprint density at radius 3 is 2.16 bits per heavy atom. The minimum absolute atomic E-state index is 0.0310. The van der Waals surface area contributed by atoms with Crippen LogP contribution in [0.25, 0.3) is 0 Å². The van der Waals surface area contributed by atoms with Crippen LogP contribution in [0.2, 0.25) is 0 Å². The van der Waals surface area contributed by atoms with Crippen LogP contribution in [0.15, 0.2) is 120 Å². The topological polar surface area (TPSA) is 136 Å². The Labute approximate surface area is 341 Å². The van der Waals surface area contributed by atoms with E-state index in [1.165, 1.54) is 23.3 Å². The number of rotatable bonds is 15. The molecule has 0 radical (unpaired) electrons. The summed E-state index contributed by atoms with van der Waals surface area (Å²) in [6.45, 7) is 4.40. The van der Waals surface area contributed by atoms with Crippen LogP contribution in [0.3, 0.4) is 0 Å². The highest BCUT2D eigenvalue weighted by atomic mass is 32.2. The second-order valence-corrected chi connectivity index (χ2v) is 16.7. The van der Waals surface area contributed by atoms with Crippen molar-refractivity contribution in [3.8, 4) is 11.5 Å². The molecule has 7 rings (SSSR count). The first-order chi connectivity index (χ1) is 28.1. The number of aliphatic hydroxyl groups excluding tert-OH is 1. The summed E-state index contributed by atoms with van der Waals surface area (Å²) in [5.41, 5.74) is 7.75. The molecule has 58 heavy (non-hydrogen) atoms. The molecule has 0 saturated carbocycles. The van der Waals surface area contributed by atoms with Crippen LogP contribution in [0.5, 0.6) is 11.5 Å². The first kappa shape index (κ1) is 41.1. The molecule has 2 heterocycles. The van der Waals surface area contributed by atoms with Crippen LogP contribution in [-0.4, -0.2) is 63.8 Å². The molecule has 1 saturated heterocycles. The molecule has 0 bridgehead atoms. The summed E-state index contributed by atoms with van der Waals surface area (Å²) in [5, 5.41) is 12.6. The summed E-state index contributed by atoms with van der Waals surface area (Å²) in [4.78, 5) is 16.1. The number of aryl methyl sites for hydroxylation is 1. The zero-order valence-electron chi connectivity index (χ0n) is 33.1. The number of nitrogens with zero attached hydrogens (tertiary/aromatic N) is 1. The van der Waals surface area contributed by atoms with Gasteiger partial charge in [-0.3, -0.25) is 9.69 Å². The average Bonchev–Trinajstić information content (AvgIpc) is 3.25. The largest absolute Gasteiger partial charge is 0.493 e. The molecular formula is C46H51N3O8S. The number of fused-ring (bicyclic) bond motifs is 1. The molecule has 0 spiro atoms. The minimum Gasteiger partial charge on any atom is -0.493 e. The Balaban J connectivity index is 1.04. The van der Waals surface area contributed by atoms with Gasteiger partial charge in [0.05, 0.1) is 37.9 Å². The fraction of sp³-hybridized carbons (Fsp3) is 0.326. The molecule has 12 heteroatoms. The van der Waals surface area contributed by atoms with E-state index >= 15 is 0 Å². The number of hydrogen-bond donors (Lipinski definition) is 3. The molecule has 1 amide bonds. The van der Waals surface area contributed by atoms with Gasteiger partial charge in [0.1, 0.15) is 6.04 Å². The lowest BCUT2D eigenvalue weighted by atomic mass is 9.97. The number of ether oxygens (including phenoxy) is 4. The molecule has 0 aliphatic carbocycles. The highest BCUT2D eigenvalue weighted by molar-refractivity contribution is 7.89. The number of carbonyl (C=O) groups is 1. The van der Waals surface area contributed by atoms with Gasteiger partial charge in [0.2, 0.25) is 15.9 Å². The normalized spacial score (nSPS) is 18.9. The van der Waals surface area contributed by atoms with E-state index in [4.69, 9.17) is 18.9 Å². The van der Waals surface area contributed by atoms with Gasteiger partial charge in [0.25, 0.3) is 0 Å². The fourth-order valence-electron chi connectivity index (χ4n) is 7.53. The maximum absolute atomic E-state index is 13.6. The van der Waals surface area contributed by atoms with Crippen LogP contribution in [0, 0.1) is 6.92 Å². The molecule has 3 N–H and O–H groups in total. The molecule has 4 unspecified atom stereocenters. The first-order valence-corrected chi connectivity index (χ1v) is 21.0. The van der Waals surface area contributed by atoms with Crippen molar-refractivity contribution in [1.29, 1.82) is 0 Å². The van der Waals surface area contributed by atoms with Crippen LogP contribution < -0.4 is 19.5 Å². The zero-order valence-corrected chi connectivity index (χ0v) is 33.9. The Morgan fingerprint density at radius 1 is 0.828 bits per heavy atom. The van der Waals surface area contributed by atoms with E-state index in [0.717, 1.165) is 64.4 Å². The van der Waals surface area contributed by atoms with Crippen molar-refractivity contribution < 1.29 is 37.3 Å². The van der Waals surface area contributed by atoms with Gasteiger partial charge in [-0.25, -0.2) is 8.42 Å². The van der Waals surface area contributed by atoms with Crippen LogP contribution in [-0.2, 0) is 56.8 Å².